The minimum Gasteiger partial charge on any atom is -0.315 e. The van der Waals surface area contributed by atoms with Crippen LogP contribution in [0.15, 0.2) is 24.3 Å². The van der Waals surface area contributed by atoms with Crippen molar-refractivity contribution in [2.24, 2.45) is 5.92 Å². The van der Waals surface area contributed by atoms with E-state index >= 15 is 0 Å². The Bertz CT molecular complexity index is 566. The van der Waals surface area contributed by atoms with E-state index in [1.807, 2.05) is 18.2 Å². The first-order chi connectivity index (χ1) is 8.52. The van der Waals surface area contributed by atoms with Crippen LogP contribution in [-0.4, -0.2) is 33.0 Å². The maximum Gasteiger partial charge on any atom is 0.150 e. The Labute approximate surface area is 112 Å². The molecule has 0 spiro atoms. The van der Waals surface area contributed by atoms with Crippen molar-refractivity contribution in [3.8, 4) is 0 Å². The van der Waals surface area contributed by atoms with Crippen molar-refractivity contribution in [3.63, 3.8) is 0 Å². The summed E-state index contributed by atoms with van der Waals surface area (Å²) in [5, 5.41) is 4.01. The highest BCUT2D eigenvalue weighted by Crippen LogP contribution is 2.42. The molecule has 2 fully saturated rings. The van der Waals surface area contributed by atoms with Crippen LogP contribution in [0.25, 0.3) is 0 Å². The second-order valence-corrected chi connectivity index (χ2v) is 8.04. The fourth-order valence-corrected chi connectivity index (χ4v) is 5.25. The van der Waals surface area contributed by atoms with Crippen LogP contribution in [0.2, 0.25) is 5.02 Å². The molecule has 0 saturated carbocycles. The van der Waals surface area contributed by atoms with Crippen molar-refractivity contribution in [2.75, 3.05) is 24.6 Å². The summed E-state index contributed by atoms with van der Waals surface area (Å²) in [7, 11) is -2.83. The topological polar surface area (TPSA) is 46.2 Å². The van der Waals surface area contributed by atoms with Gasteiger partial charge in [0.25, 0.3) is 0 Å². The van der Waals surface area contributed by atoms with Crippen molar-refractivity contribution in [1.29, 1.82) is 0 Å². The lowest BCUT2D eigenvalue weighted by Gasteiger charge is -2.47. The number of hydrogen-bond donors (Lipinski definition) is 1. The number of halogens is 1. The van der Waals surface area contributed by atoms with Gasteiger partial charge >= 0.3 is 0 Å². The zero-order chi connectivity index (χ0) is 12.8. The van der Waals surface area contributed by atoms with Gasteiger partial charge in [-0.3, -0.25) is 0 Å². The second-order valence-electron chi connectivity index (χ2n) is 5.37. The average Bonchev–Trinajstić information content (AvgIpc) is 2.58. The Morgan fingerprint density at radius 3 is 2.61 bits per heavy atom. The fraction of sp³-hybridized carbons (Fsp3) is 0.538. The molecule has 3 nitrogen and oxygen atoms in total. The van der Waals surface area contributed by atoms with Crippen molar-refractivity contribution in [1.82, 2.24) is 5.32 Å². The number of sulfone groups is 1. The van der Waals surface area contributed by atoms with Gasteiger partial charge < -0.3 is 5.32 Å². The van der Waals surface area contributed by atoms with Gasteiger partial charge in [-0.2, -0.15) is 0 Å². The Hall–Kier alpha value is -0.580. The van der Waals surface area contributed by atoms with E-state index in [1.54, 1.807) is 0 Å². The summed E-state index contributed by atoms with van der Waals surface area (Å²) in [6, 6.07) is 7.85. The molecule has 1 unspecified atom stereocenters. The summed E-state index contributed by atoms with van der Waals surface area (Å²) in [5.74, 6) is 0.878. The Morgan fingerprint density at radius 1 is 1.33 bits per heavy atom. The van der Waals surface area contributed by atoms with Crippen LogP contribution in [0.5, 0.6) is 0 Å². The molecule has 1 aromatic carbocycles. The molecule has 98 valence electrons. The largest absolute Gasteiger partial charge is 0.315 e. The van der Waals surface area contributed by atoms with Crippen LogP contribution in [0.1, 0.15) is 12.0 Å². The molecule has 0 bridgehead atoms. The number of hydrogen-bond acceptors (Lipinski definition) is 3. The molecule has 1 N–H and O–H groups in total. The SMILES string of the molecule is O=S1(=O)CCC(C2(c3cccc(Cl)c3)CNC2)C1. The molecular formula is C13H16ClNO2S. The average molecular weight is 286 g/mol. The molecule has 0 amide bonds. The Balaban J connectivity index is 1.96. The molecular weight excluding hydrogens is 270 g/mol. The highest BCUT2D eigenvalue weighted by Gasteiger charge is 2.49. The molecule has 3 rings (SSSR count). The first-order valence-electron chi connectivity index (χ1n) is 6.19. The molecule has 2 aliphatic heterocycles. The maximum atomic E-state index is 11.7. The summed E-state index contributed by atoms with van der Waals surface area (Å²) < 4.78 is 23.4. The van der Waals surface area contributed by atoms with Crippen molar-refractivity contribution < 1.29 is 8.42 Å². The molecule has 18 heavy (non-hydrogen) atoms. The summed E-state index contributed by atoms with van der Waals surface area (Å²) in [5.41, 5.74) is 1.14. The summed E-state index contributed by atoms with van der Waals surface area (Å²) in [6.07, 6.45) is 0.774. The van der Waals surface area contributed by atoms with Gasteiger partial charge in [0.1, 0.15) is 0 Å². The van der Waals surface area contributed by atoms with E-state index in [0.29, 0.717) is 11.5 Å². The van der Waals surface area contributed by atoms with Crippen LogP contribution < -0.4 is 5.32 Å². The molecule has 0 aliphatic carbocycles. The van der Waals surface area contributed by atoms with Crippen molar-refractivity contribution >= 4 is 21.4 Å². The highest BCUT2D eigenvalue weighted by molar-refractivity contribution is 7.91. The van der Waals surface area contributed by atoms with Gasteiger partial charge in [0.15, 0.2) is 9.84 Å². The molecule has 2 heterocycles. The van der Waals surface area contributed by atoms with Crippen LogP contribution in [0, 0.1) is 5.92 Å². The predicted molar refractivity (Wildman–Crippen MR) is 72.8 cm³/mol. The Kier molecular flexibility index (Phi) is 2.92. The highest BCUT2D eigenvalue weighted by atomic mass is 35.5. The third-order valence-corrected chi connectivity index (χ3v) is 6.30. The smallest absolute Gasteiger partial charge is 0.150 e. The van der Waals surface area contributed by atoms with Crippen LogP contribution in [-0.2, 0) is 15.3 Å². The zero-order valence-electron chi connectivity index (χ0n) is 10.0. The third kappa shape index (κ3) is 1.96. The summed E-state index contributed by atoms with van der Waals surface area (Å²) in [4.78, 5) is 0. The number of rotatable bonds is 2. The van der Waals surface area contributed by atoms with E-state index in [0.717, 1.165) is 24.5 Å². The van der Waals surface area contributed by atoms with Gasteiger partial charge in [-0.1, -0.05) is 23.7 Å². The van der Waals surface area contributed by atoms with Gasteiger partial charge in [-0.05, 0) is 30.0 Å². The van der Waals surface area contributed by atoms with Gasteiger partial charge in [-0.25, -0.2) is 8.42 Å². The molecule has 2 saturated heterocycles. The first-order valence-corrected chi connectivity index (χ1v) is 8.39. The van der Waals surface area contributed by atoms with E-state index in [4.69, 9.17) is 11.6 Å². The van der Waals surface area contributed by atoms with E-state index in [9.17, 15) is 8.42 Å². The predicted octanol–water partition coefficient (Wildman–Crippen LogP) is 1.62. The lowest BCUT2D eigenvalue weighted by Crippen LogP contribution is -2.61. The van der Waals surface area contributed by atoms with Crippen molar-refractivity contribution in [3.05, 3.63) is 34.9 Å². The van der Waals surface area contributed by atoms with Crippen LogP contribution in [0.3, 0.4) is 0 Å². The van der Waals surface area contributed by atoms with Gasteiger partial charge in [-0.15, -0.1) is 0 Å². The van der Waals surface area contributed by atoms with Gasteiger partial charge in [0.05, 0.1) is 11.5 Å². The van der Waals surface area contributed by atoms with E-state index in [1.165, 1.54) is 5.56 Å². The lowest BCUT2D eigenvalue weighted by molar-refractivity contribution is 0.190. The quantitative estimate of drug-likeness (QED) is 0.898. The second kappa shape index (κ2) is 4.22. The van der Waals surface area contributed by atoms with E-state index < -0.39 is 9.84 Å². The third-order valence-electron chi connectivity index (χ3n) is 4.29. The maximum absolute atomic E-state index is 11.7. The zero-order valence-corrected chi connectivity index (χ0v) is 11.6. The van der Waals surface area contributed by atoms with E-state index in [-0.39, 0.29) is 11.3 Å². The minimum atomic E-state index is -2.83. The standard InChI is InChI=1S/C13H16ClNO2S/c14-12-3-1-2-10(6-12)13(8-15-9-13)11-4-5-18(16,17)7-11/h1-3,6,11,15H,4-5,7-9H2. The normalized spacial score (nSPS) is 28.8. The fourth-order valence-electron chi connectivity index (χ4n) is 3.15. The molecule has 1 aromatic rings. The monoisotopic (exact) mass is 285 g/mol. The molecule has 5 heteroatoms. The van der Waals surface area contributed by atoms with Crippen LogP contribution in [0.4, 0.5) is 0 Å². The summed E-state index contributed by atoms with van der Waals surface area (Å²) >= 11 is 6.06. The van der Waals surface area contributed by atoms with Crippen molar-refractivity contribution in [2.45, 2.75) is 11.8 Å². The Morgan fingerprint density at radius 2 is 2.11 bits per heavy atom. The lowest BCUT2D eigenvalue weighted by atomic mass is 9.66. The number of benzene rings is 1. The molecule has 2 aliphatic rings. The molecule has 0 aromatic heterocycles. The molecule has 0 radical (unpaired) electrons. The molecule has 1 atom stereocenters. The van der Waals surface area contributed by atoms with Gasteiger partial charge in [0.2, 0.25) is 0 Å². The minimum absolute atomic E-state index is 0.0333. The van der Waals surface area contributed by atoms with E-state index in [2.05, 4.69) is 11.4 Å². The van der Waals surface area contributed by atoms with Gasteiger partial charge in [0, 0.05) is 23.5 Å². The first kappa shape index (κ1) is 12.5. The summed E-state index contributed by atoms with van der Waals surface area (Å²) in [6.45, 7) is 1.71. The number of nitrogens with one attached hydrogen (secondary N) is 1. The van der Waals surface area contributed by atoms with Crippen LogP contribution >= 0.6 is 11.6 Å².